The predicted octanol–water partition coefficient (Wildman–Crippen LogP) is 14.4. The molecule has 0 radical (unpaired) electrons. The van der Waals surface area contributed by atoms with Crippen molar-refractivity contribution >= 4 is 32.8 Å². The van der Waals surface area contributed by atoms with E-state index in [9.17, 15) is 0 Å². The standard InChI is InChI=1S/C58H43N5O.Pd/c1-39-32-56(60-37-51(39)42-28-30-59-31-29-42)63-52-23-12-11-20-49(52)50-27-26-45(36-55(50)63)64-46-34-43(58(2,3)4)33-44(35-46)61-38-62(54-25-14-13-24-53(54)61)57-47(40-16-7-5-8-17-40)21-15-22-48(57)41-18-9-6-10-19-41;/h5-34,37H,1-4H3;/q-2;. The number of ether oxygens (including phenoxy) is 1. The molecule has 0 bridgehead atoms. The minimum absolute atomic E-state index is 0.205. The molecule has 11 rings (SSSR count). The van der Waals surface area contributed by atoms with Gasteiger partial charge in [-0.1, -0.05) is 12.1 Å². The Labute approximate surface area is 388 Å². The number of benzene rings is 7. The average molecular weight is 932 g/mol. The summed E-state index contributed by atoms with van der Waals surface area (Å²) in [6.07, 6.45) is 5.58. The van der Waals surface area contributed by atoms with E-state index >= 15 is 0 Å². The molecule has 7 heteroatoms. The van der Waals surface area contributed by atoms with Gasteiger partial charge in [-0.3, -0.25) is 4.98 Å². The Morgan fingerprint density at radius 2 is 1.15 bits per heavy atom. The molecule has 0 amide bonds. The number of hydrogen-bond acceptors (Lipinski definition) is 3. The zero-order valence-corrected chi connectivity index (χ0v) is 37.9. The first-order valence-corrected chi connectivity index (χ1v) is 22.5. The molecule has 65 heavy (non-hydrogen) atoms. The van der Waals surface area contributed by atoms with Crippen molar-refractivity contribution in [3.63, 3.8) is 0 Å². The maximum absolute atomic E-state index is 6.89. The fourth-order valence-electron chi connectivity index (χ4n) is 8.96. The Kier molecular flexibility index (Phi) is 10.1. The molecule has 7 aromatic carbocycles. The van der Waals surface area contributed by atoms with Gasteiger partial charge in [0.15, 0.2) is 0 Å². The Hall–Kier alpha value is -7.43. The molecule has 4 aromatic heterocycles. The smallest absolute Gasteiger partial charge is 0.265 e. The molecule has 4 heterocycles. The summed E-state index contributed by atoms with van der Waals surface area (Å²) in [4.78, 5) is 9.23. The van der Waals surface area contributed by atoms with E-state index in [1.165, 1.54) is 0 Å². The molecule has 11 aromatic rings. The summed E-state index contributed by atoms with van der Waals surface area (Å²) in [5.74, 6) is 1.99. The van der Waals surface area contributed by atoms with E-state index in [4.69, 9.17) is 9.72 Å². The van der Waals surface area contributed by atoms with E-state index in [0.717, 1.165) is 98.4 Å². The Morgan fingerprint density at radius 3 is 1.82 bits per heavy atom. The molecule has 0 saturated carbocycles. The molecule has 0 aliphatic heterocycles. The van der Waals surface area contributed by atoms with Crippen molar-refractivity contribution in [3.8, 4) is 62.1 Å². The van der Waals surface area contributed by atoms with Crippen LogP contribution in [0.2, 0.25) is 0 Å². The van der Waals surface area contributed by atoms with E-state index in [1.54, 1.807) is 0 Å². The number of aryl methyl sites for hydroxylation is 1. The van der Waals surface area contributed by atoms with Gasteiger partial charge in [-0.15, -0.1) is 0 Å². The Bertz CT molecular complexity index is 3580. The average Bonchev–Trinajstić information content (AvgIpc) is 3.82. The molecule has 0 spiro atoms. The van der Waals surface area contributed by atoms with Crippen LogP contribution < -0.4 is 4.74 Å². The second kappa shape index (κ2) is 16.3. The molecule has 0 N–H and O–H groups in total. The molecule has 318 valence electrons. The summed E-state index contributed by atoms with van der Waals surface area (Å²) in [7, 11) is 0. The van der Waals surface area contributed by atoms with Crippen molar-refractivity contribution in [1.29, 1.82) is 0 Å². The van der Waals surface area contributed by atoms with Crippen LogP contribution in [-0.2, 0) is 24.2 Å². The molecule has 0 fully saturated rings. The van der Waals surface area contributed by atoms with E-state index in [1.807, 2.05) is 36.8 Å². The van der Waals surface area contributed by atoms with Crippen molar-refractivity contribution in [2.24, 2.45) is 0 Å². The third kappa shape index (κ3) is 7.24. The molecular weight excluding hydrogens is 889 g/mol. The molecule has 6 nitrogen and oxygen atoms in total. The van der Waals surface area contributed by atoms with Crippen molar-refractivity contribution < 1.29 is 23.5 Å². The van der Waals surface area contributed by atoms with Gasteiger partial charge in [0.1, 0.15) is 0 Å². The number of fused-ring (bicyclic) bond motifs is 4. The van der Waals surface area contributed by atoms with Crippen LogP contribution >= 0.6 is 0 Å². The fraction of sp³-hybridized carbons (Fsp3) is 0.0862. The monoisotopic (exact) mass is 931 g/mol. The van der Waals surface area contributed by atoms with Crippen LogP contribution in [0.25, 0.3) is 83.4 Å². The summed E-state index contributed by atoms with van der Waals surface area (Å²) < 4.78 is 14.6. The first-order valence-electron chi connectivity index (χ1n) is 21.7. The summed E-state index contributed by atoms with van der Waals surface area (Å²) >= 11 is 3.79. The molecule has 0 unspecified atom stereocenters. The predicted molar refractivity (Wildman–Crippen MR) is 260 cm³/mol. The summed E-state index contributed by atoms with van der Waals surface area (Å²) in [5.41, 5.74) is 14.6. The van der Waals surface area contributed by atoms with Crippen molar-refractivity contribution in [2.75, 3.05) is 0 Å². The normalized spacial score (nSPS) is 11.8. The van der Waals surface area contributed by atoms with E-state index in [0.29, 0.717) is 11.5 Å². The summed E-state index contributed by atoms with van der Waals surface area (Å²) in [5, 5.41) is 2.19. The summed E-state index contributed by atoms with van der Waals surface area (Å²) in [6.45, 7) is 8.82. The van der Waals surface area contributed by atoms with Crippen LogP contribution in [0, 0.1) is 22.9 Å². The minimum Gasteiger partial charge on any atom is -0.265 e. The van der Waals surface area contributed by atoms with Crippen LogP contribution in [0.4, 0.5) is 0 Å². The second-order valence-corrected chi connectivity index (χ2v) is 18.0. The van der Waals surface area contributed by atoms with Crippen LogP contribution in [-0.4, -0.2) is 23.7 Å². The number of nitrogens with zero attached hydrogens (tertiary/aromatic N) is 5. The zero-order valence-electron chi connectivity index (χ0n) is 36.4. The number of hydrogen-bond donors (Lipinski definition) is 0. The van der Waals surface area contributed by atoms with Gasteiger partial charge >= 0.3 is 319 Å². The van der Waals surface area contributed by atoms with E-state index in [2.05, 4.69) is 229 Å². The first-order chi connectivity index (χ1) is 31.7. The van der Waals surface area contributed by atoms with Gasteiger partial charge in [-0.25, -0.2) is 0 Å². The fourth-order valence-corrected chi connectivity index (χ4v) is 9.70. The molecule has 0 atom stereocenters. The van der Waals surface area contributed by atoms with E-state index in [-0.39, 0.29) is 5.41 Å². The van der Waals surface area contributed by atoms with Crippen molar-refractivity contribution in [3.05, 3.63) is 216 Å². The third-order valence-electron chi connectivity index (χ3n) is 12.2. The quantitative estimate of drug-likeness (QED) is 0.113. The SMILES string of the molecule is Cc1cc(-n2c3[c-]c(Oc4[c-]c(-n5[c](=[Pd])n(-c6c(-c7ccccc7)cccc6-c6ccccc6)c6ccccc65)cc(C(C)(C)C)c4)ccc3c3ccccc32)ncc1-c1ccncc1. The van der Waals surface area contributed by atoms with Crippen LogP contribution in [0.3, 0.4) is 0 Å². The first kappa shape index (κ1) is 40.4. The maximum atomic E-state index is 6.89. The topological polar surface area (TPSA) is 49.8 Å². The Balaban J connectivity index is 1.07. The number of aromatic nitrogens is 5. The van der Waals surface area contributed by atoms with Gasteiger partial charge < -0.3 is 0 Å². The van der Waals surface area contributed by atoms with Gasteiger partial charge in [0, 0.05) is 24.2 Å². The number of para-hydroxylation sites is 4. The van der Waals surface area contributed by atoms with Crippen LogP contribution in [0.1, 0.15) is 31.9 Å². The van der Waals surface area contributed by atoms with Crippen LogP contribution in [0.15, 0.2) is 188 Å². The zero-order chi connectivity index (χ0) is 44.2. The number of imidazole rings is 1. The van der Waals surface area contributed by atoms with Crippen molar-refractivity contribution in [1.82, 2.24) is 23.7 Å². The van der Waals surface area contributed by atoms with Gasteiger partial charge in [0.2, 0.25) is 0 Å². The second-order valence-electron chi connectivity index (χ2n) is 17.3. The molecule has 0 saturated heterocycles. The third-order valence-corrected chi connectivity index (χ3v) is 12.9. The van der Waals surface area contributed by atoms with Gasteiger partial charge in [0.05, 0.1) is 0 Å². The molecule has 0 aliphatic rings. The molecular formula is C58H43N5OPd-2. The Morgan fingerprint density at radius 1 is 0.538 bits per heavy atom. The summed E-state index contributed by atoms with van der Waals surface area (Å²) in [6, 6.07) is 66.9. The molecule has 0 aliphatic carbocycles. The van der Waals surface area contributed by atoms with Gasteiger partial charge in [0.25, 0.3) is 0 Å². The van der Waals surface area contributed by atoms with Crippen molar-refractivity contribution in [2.45, 2.75) is 33.1 Å². The van der Waals surface area contributed by atoms with E-state index < -0.39 is 0 Å². The number of pyridine rings is 2. The van der Waals surface area contributed by atoms with Crippen LogP contribution in [0.5, 0.6) is 11.5 Å². The van der Waals surface area contributed by atoms with Gasteiger partial charge in [-0.05, 0) is 30.2 Å². The number of rotatable bonds is 8. The van der Waals surface area contributed by atoms with Gasteiger partial charge in [-0.2, -0.15) is 0 Å². The minimum atomic E-state index is -0.205.